The summed E-state index contributed by atoms with van der Waals surface area (Å²) in [4.78, 5) is 23.6. The normalized spacial score (nSPS) is 10.1. The van der Waals surface area contributed by atoms with Gasteiger partial charge in [0.1, 0.15) is 11.3 Å². The number of halogens is 1. The van der Waals surface area contributed by atoms with E-state index in [1.807, 2.05) is 0 Å². The van der Waals surface area contributed by atoms with Crippen molar-refractivity contribution in [2.75, 3.05) is 0 Å². The lowest BCUT2D eigenvalue weighted by Crippen LogP contribution is -2.43. The van der Waals surface area contributed by atoms with Crippen LogP contribution in [-0.2, 0) is 7.05 Å². The molecule has 2 amide bonds. The topological polar surface area (TPSA) is 90.1 Å². The number of aryl methyl sites for hydroxylation is 1. The van der Waals surface area contributed by atoms with Crippen LogP contribution in [0.15, 0.2) is 41.3 Å². The molecule has 0 bridgehead atoms. The molecule has 0 aromatic carbocycles. The Bertz CT molecular complexity index is 668. The zero-order valence-electron chi connectivity index (χ0n) is 10.5. The molecule has 0 aliphatic carbocycles. The summed E-state index contributed by atoms with van der Waals surface area (Å²) in [5.41, 5.74) is 5.05. The number of aromatic nitrogens is 2. The number of carbonyl (C=O) groups excluding carboxylic acids is 2. The van der Waals surface area contributed by atoms with E-state index in [1.54, 1.807) is 23.9 Å². The van der Waals surface area contributed by atoms with E-state index in [0.717, 1.165) is 10.7 Å². The van der Waals surface area contributed by atoms with Crippen molar-refractivity contribution in [1.29, 1.82) is 0 Å². The first-order chi connectivity index (χ1) is 9.47. The Morgan fingerprint density at radius 2 is 2.05 bits per heavy atom. The lowest BCUT2D eigenvalue weighted by atomic mass is 10.3. The molecule has 8 heteroatoms. The lowest BCUT2D eigenvalue weighted by molar-refractivity contribution is -0.605. The zero-order chi connectivity index (χ0) is 14.7. The van der Waals surface area contributed by atoms with Crippen molar-refractivity contribution in [3.8, 4) is 0 Å². The minimum atomic E-state index is -0.572. The molecule has 2 N–H and O–H groups in total. The van der Waals surface area contributed by atoms with E-state index in [1.165, 1.54) is 18.3 Å². The number of hydrogen-bond acceptors (Lipinski definition) is 3. The van der Waals surface area contributed by atoms with E-state index in [9.17, 15) is 14.8 Å². The third-order valence-corrected chi connectivity index (χ3v) is 2.96. The zero-order valence-corrected chi connectivity index (χ0v) is 12.0. The van der Waals surface area contributed by atoms with Gasteiger partial charge in [-0.2, -0.15) is 4.73 Å². The van der Waals surface area contributed by atoms with Gasteiger partial charge in [0.15, 0.2) is 12.4 Å². The smallest absolute Gasteiger partial charge is 0.286 e. The Morgan fingerprint density at radius 1 is 1.35 bits per heavy atom. The van der Waals surface area contributed by atoms with Gasteiger partial charge in [0.25, 0.3) is 11.8 Å². The maximum Gasteiger partial charge on any atom is 0.286 e. The second-order valence-electron chi connectivity index (χ2n) is 4.02. The summed E-state index contributed by atoms with van der Waals surface area (Å²) in [5.74, 6) is -1.03. The molecule has 20 heavy (non-hydrogen) atoms. The number of carbonyl (C=O) groups is 2. The van der Waals surface area contributed by atoms with Gasteiger partial charge in [0.05, 0.1) is 0 Å². The molecule has 2 aromatic heterocycles. The number of nitrogens with zero attached hydrogens (tertiary/aromatic N) is 2. The highest BCUT2D eigenvalue weighted by Crippen LogP contribution is 2.13. The minimum Gasteiger partial charge on any atom is -0.619 e. The summed E-state index contributed by atoms with van der Waals surface area (Å²) in [5, 5.41) is 11.0. The van der Waals surface area contributed by atoms with Crippen LogP contribution >= 0.6 is 15.9 Å². The number of pyridine rings is 1. The molecule has 0 fully saturated rings. The highest BCUT2D eigenvalue weighted by Gasteiger charge is 2.13. The van der Waals surface area contributed by atoms with Gasteiger partial charge in [-0.1, -0.05) is 0 Å². The summed E-state index contributed by atoms with van der Waals surface area (Å²) in [7, 11) is 1.71. The van der Waals surface area contributed by atoms with E-state index in [-0.39, 0.29) is 5.56 Å². The SMILES string of the molecule is Cn1cc(Br)cc1C(=O)NNC(=O)c1ccc[n+]([O-])c1. The van der Waals surface area contributed by atoms with E-state index in [0.29, 0.717) is 10.4 Å². The number of rotatable bonds is 2. The van der Waals surface area contributed by atoms with Gasteiger partial charge in [-0.25, -0.2) is 0 Å². The maximum absolute atomic E-state index is 11.8. The molecule has 104 valence electrons. The van der Waals surface area contributed by atoms with Gasteiger partial charge in [-0.15, -0.1) is 0 Å². The highest BCUT2D eigenvalue weighted by molar-refractivity contribution is 9.10. The molecule has 0 spiro atoms. The Hall–Kier alpha value is -2.35. The number of nitrogens with one attached hydrogen (secondary N) is 2. The van der Waals surface area contributed by atoms with Gasteiger partial charge in [0, 0.05) is 23.8 Å². The van der Waals surface area contributed by atoms with E-state index in [4.69, 9.17) is 0 Å². The third-order valence-electron chi connectivity index (χ3n) is 2.53. The number of hydrazine groups is 1. The maximum atomic E-state index is 11.8. The van der Waals surface area contributed by atoms with E-state index < -0.39 is 11.8 Å². The second-order valence-corrected chi connectivity index (χ2v) is 4.93. The quantitative estimate of drug-likeness (QED) is 0.474. The Labute approximate surface area is 122 Å². The fourth-order valence-corrected chi connectivity index (χ4v) is 2.11. The lowest BCUT2D eigenvalue weighted by Gasteiger charge is -2.07. The third kappa shape index (κ3) is 3.15. The molecular formula is C12H11BrN4O3. The summed E-state index contributed by atoms with van der Waals surface area (Å²) in [6.45, 7) is 0. The summed E-state index contributed by atoms with van der Waals surface area (Å²) < 4.78 is 2.87. The van der Waals surface area contributed by atoms with Crippen LogP contribution in [0, 0.1) is 5.21 Å². The van der Waals surface area contributed by atoms with Crippen molar-refractivity contribution in [3.05, 3.63) is 57.7 Å². The van der Waals surface area contributed by atoms with Crippen molar-refractivity contribution in [3.63, 3.8) is 0 Å². The predicted molar refractivity (Wildman–Crippen MR) is 73.4 cm³/mol. The molecule has 2 aromatic rings. The van der Waals surface area contributed by atoms with Crippen LogP contribution in [0.3, 0.4) is 0 Å². The van der Waals surface area contributed by atoms with Crippen molar-refractivity contribution < 1.29 is 14.3 Å². The second kappa shape index (κ2) is 5.74. The van der Waals surface area contributed by atoms with Crippen LogP contribution in [-0.4, -0.2) is 16.4 Å². The van der Waals surface area contributed by atoms with Crippen LogP contribution < -0.4 is 15.6 Å². The number of amides is 2. The van der Waals surface area contributed by atoms with Crippen LogP contribution in [0.4, 0.5) is 0 Å². The predicted octanol–water partition coefficient (Wildman–Crippen LogP) is 0.496. The van der Waals surface area contributed by atoms with Crippen molar-refractivity contribution >= 4 is 27.7 Å². The molecular weight excluding hydrogens is 328 g/mol. The van der Waals surface area contributed by atoms with Gasteiger partial charge >= 0.3 is 0 Å². The Balaban J connectivity index is 2.00. The van der Waals surface area contributed by atoms with Crippen LogP contribution in [0.1, 0.15) is 20.8 Å². The molecule has 0 aliphatic rings. The fourth-order valence-electron chi connectivity index (χ4n) is 1.59. The molecule has 0 saturated carbocycles. The number of hydrogen-bond donors (Lipinski definition) is 2. The van der Waals surface area contributed by atoms with E-state index in [2.05, 4.69) is 26.8 Å². The van der Waals surface area contributed by atoms with Crippen LogP contribution in [0.25, 0.3) is 0 Å². The fraction of sp³-hybridized carbons (Fsp3) is 0.0833. The molecule has 0 radical (unpaired) electrons. The van der Waals surface area contributed by atoms with E-state index >= 15 is 0 Å². The Morgan fingerprint density at radius 3 is 2.65 bits per heavy atom. The standard InChI is InChI=1S/C12H11BrN4O3/c1-16-7-9(13)5-10(16)12(19)15-14-11(18)8-3-2-4-17(20)6-8/h2-7H,1H3,(H,14,18)(H,15,19). The molecule has 0 saturated heterocycles. The molecule has 0 atom stereocenters. The first kappa shape index (κ1) is 14.1. The molecule has 2 heterocycles. The molecule has 0 unspecified atom stereocenters. The summed E-state index contributed by atoms with van der Waals surface area (Å²) >= 11 is 3.25. The van der Waals surface area contributed by atoms with Gasteiger partial charge in [-0.05, 0) is 28.1 Å². The summed E-state index contributed by atoms with van der Waals surface area (Å²) in [6, 6.07) is 4.53. The van der Waals surface area contributed by atoms with Crippen LogP contribution in [0.2, 0.25) is 0 Å². The molecule has 2 rings (SSSR count). The monoisotopic (exact) mass is 338 g/mol. The van der Waals surface area contributed by atoms with Crippen molar-refractivity contribution in [2.45, 2.75) is 0 Å². The van der Waals surface area contributed by atoms with Crippen molar-refractivity contribution in [2.24, 2.45) is 7.05 Å². The average molecular weight is 339 g/mol. The van der Waals surface area contributed by atoms with Gasteiger partial charge in [-0.3, -0.25) is 20.4 Å². The average Bonchev–Trinajstić information content (AvgIpc) is 2.74. The first-order valence-electron chi connectivity index (χ1n) is 5.59. The highest BCUT2D eigenvalue weighted by atomic mass is 79.9. The van der Waals surface area contributed by atoms with Crippen molar-refractivity contribution in [1.82, 2.24) is 15.4 Å². The molecule has 0 aliphatic heterocycles. The van der Waals surface area contributed by atoms with Gasteiger partial charge < -0.3 is 9.77 Å². The largest absolute Gasteiger partial charge is 0.619 e. The first-order valence-corrected chi connectivity index (χ1v) is 6.38. The summed E-state index contributed by atoms with van der Waals surface area (Å²) in [6.07, 6.45) is 4.09. The van der Waals surface area contributed by atoms with Crippen LogP contribution in [0.5, 0.6) is 0 Å². The minimum absolute atomic E-state index is 0.149. The Kier molecular flexibility index (Phi) is 4.04. The van der Waals surface area contributed by atoms with Gasteiger partial charge in [0.2, 0.25) is 0 Å². The molecule has 7 nitrogen and oxygen atoms in total.